The molecule has 0 saturated heterocycles. The predicted molar refractivity (Wildman–Crippen MR) is 122 cm³/mol. The fraction of sp³-hybridized carbons (Fsp3) is 0.292. The van der Waals surface area contributed by atoms with Crippen molar-refractivity contribution in [1.82, 2.24) is 14.9 Å². The van der Waals surface area contributed by atoms with Gasteiger partial charge >= 0.3 is 0 Å². The van der Waals surface area contributed by atoms with E-state index in [2.05, 4.69) is 5.16 Å². The van der Waals surface area contributed by atoms with Gasteiger partial charge in [-0.2, -0.15) is 5.10 Å². The molecular weight excluding hydrogens is 430 g/mol. The Hall–Kier alpha value is -3.32. The Morgan fingerprint density at radius 1 is 1.12 bits per heavy atom. The SMILES string of the molecule is COc1ccc(OC)c(-c2nn([C@H](C)c3ccc(Cl)cc3)c(=O)c3c(C4CC4)noc23)c1. The van der Waals surface area contributed by atoms with Gasteiger partial charge in [0.15, 0.2) is 0 Å². The van der Waals surface area contributed by atoms with Crippen molar-refractivity contribution < 1.29 is 14.0 Å². The molecule has 0 bridgehead atoms. The van der Waals surface area contributed by atoms with E-state index < -0.39 is 0 Å². The molecule has 0 amide bonds. The van der Waals surface area contributed by atoms with E-state index in [0.29, 0.717) is 44.4 Å². The molecule has 7 nitrogen and oxygen atoms in total. The minimum atomic E-state index is -0.332. The third-order valence-electron chi connectivity index (χ3n) is 5.91. The molecule has 0 spiro atoms. The van der Waals surface area contributed by atoms with Crippen LogP contribution in [0.1, 0.15) is 43.0 Å². The number of aromatic nitrogens is 3. The number of hydrogen-bond acceptors (Lipinski definition) is 6. The highest BCUT2D eigenvalue weighted by Crippen LogP contribution is 2.44. The number of halogens is 1. The largest absolute Gasteiger partial charge is 0.497 e. The molecule has 1 aliphatic rings. The zero-order valence-electron chi connectivity index (χ0n) is 18.0. The Kier molecular flexibility index (Phi) is 5.13. The molecule has 1 fully saturated rings. The Labute approximate surface area is 189 Å². The molecule has 0 radical (unpaired) electrons. The lowest BCUT2D eigenvalue weighted by atomic mass is 10.1. The molecule has 2 heterocycles. The van der Waals surface area contributed by atoms with Crippen LogP contribution in [0.3, 0.4) is 0 Å². The summed E-state index contributed by atoms with van der Waals surface area (Å²) in [4.78, 5) is 13.6. The molecule has 164 valence electrons. The predicted octanol–water partition coefficient (Wildman–Crippen LogP) is 5.21. The van der Waals surface area contributed by atoms with E-state index in [0.717, 1.165) is 18.4 Å². The third-order valence-corrected chi connectivity index (χ3v) is 6.16. The molecule has 4 aromatic rings. The molecular formula is C24H22ClN3O4. The van der Waals surface area contributed by atoms with E-state index in [1.54, 1.807) is 32.4 Å². The summed E-state index contributed by atoms with van der Waals surface area (Å²) in [5, 5.41) is 10.1. The zero-order valence-corrected chi connectivity index (χ0v) is 18.7. The van der Waals surface area contributed by atoms with E-state index in [1.165, 1.54) is 4.68 Å². The second-order valence-corrected chi connectivity index (χ2v) is 8.37. The van der Waals surface area contributed by atoms with Gasteiger partial charge in [-0.05, 0) is 55.7 Å². The van der Waals surface area contributed by atoms with Crippen LogP contribution in [0.5, 0.6) is 11.5 Å². The summed E-state index contributed by atoms with van der Waals surface area (Å²) in [6.45, 7) is 1.93. The Bertz CT molecular complexity index is 1360. The van der Waals surface area contributed by atoms with Crippen LogP contribution in [-0.2, 0) is 0 Å². The highest BCUT2D eigenvalue weighted by molar-refractivity contribution is 6.30. The molecule has 0 unspecified atom stereocenters. The van der Waals surface area contributed by atoms with Crippen molar-refractivity contribution in [3.05, 3.63) is 69.1 Å². The van der Waals surface area contributed by atoms with Crippen LogP contribution in [0.4, 0.5) is 0 Å². The summed E-state index contributed by atoms with van der Waals surface area (Å²) in [5.41, 5.74) is 2.89. The topological polar surface area (TPSA) is 79.4 Å². The van der Waals surface area contributed by atoms with Gasteiger partial charge in [-0.15, -0.1) is 0 Å². The number of benzene rings is 2. The zero-order chi connectivity index (χ0) is 22.4. The second kappa shape index (κ2) is 7.98. The third kappa shape index (κ3) is 3.42. The van der Waals surface area contributed by atoms with Crippen LogP contribution in [-0.4, -0.2) is 29.2 Å². The van der Waals surface area contributed by atoms with Crippen molar-refractivity contribution in [3.8, 4) is 22.8 Å². The monoisotopic (exact) mass is 451 g/mol. The van der Waals surface area contributed by atoms with Crippen LogP contribution in [0.2, 0.25) is 5.02 Å². The summed E-state index contributed by atoms with van der Waals surface area (Å²) < 4.78 is 18.2. The molecule has 0 aliphatic heterocycles. The molecule has 1 aliphatic carbocycles. The fourth-order valence-corrected chi connectivity index (χ4v) is 4.07. The van der Waals surface area contributed by atoms with Gasteiger partial charge in [0.1, 0.15) is 28.3 Å². The summed E-state index contributed by atoms with van der Waals surface area (Å²) in [6.07, 6.45) is 1.99. The van der Waals surface area contributed by atoms with E-state index in [-0.39, 0.29) is 17.5 Å². The molecule has 5 rings (SSSR count). The number of rotatable bonds is 6. The van der Waals surface area contributed by atoms with Crippen LogP contribution in [0.15, 0.2) is 51.8 Å². The van der Waals surface area contributed by atoms with Gasteiger partial charge in [-0.3, -0.25) is 4.79 Å². The van der Waals surface area contributed by atoms with E-state index in [4.69, 9.17) is 30.7 Å². The lowest BCUT2D eigenvalue weighted by molar-refractivity contribution is 0.403. The van der Waals surface area contributed by atoms with Gasteiger partial charge < -0.3 is 14.0 Å². The minimum absolute atomic E-state index is 0.226. The second-order valence-electron chi connectivity index (χ2n) is 7.94. The number of methoxy groups -OCH3 is 2. The maximum Gasteiger partial charge on any atom is 0.280 e. The number of hydrogen-bond donors (Lipinski definition) is 0. The van der Waals surface area contributed by atoms with Crippen molar-refractivity contribution in [1.29, 1.82) is 0 Å². The van der Waals surface area contributed by atoms with Gasteiger partial charge in [0.2, 0.25) is 5.58 Å². The average Bonchev–Trinajstić information content (AvgIpc) is 3.57. The number of nitrogens with zero attached hydrogens (tertiary/aromatic N) is 3. The van der Waals surface area contributed by atoms with Crippen molar-refractivity contribution in [2.75, 3.05) is 14.2 Å². The lowest BCUT2D eigenvalue weighted by Crippen LogP contribution is -2.27. The minimum Gasteiger partial charge on any atom is -0.497 e. The highest BCUT2D eigenvalue weighted by atomic mass is 35.5. The Balaban J connectivity index is 1.79. The molecule has 32 heavy (non-hydrogen) atoms. The fourth-order valence-electron chi connectivity index (χ4n) is 3.94. The number of fused-ring (bicyclic) bond motifs is 1. The summed E-state index contributed by atoms with van der Waals surface area (Å²) in [6, 6.07) is 12.5. The van der Waals surface area contributed by atoms with E-state index in [9.17, 15) is 4.79 Å². The number of ether oxygens (including phenoxy) is 2. The maximum atomic E-state index is 13.6. The van der Waals surface area contributed by atoms with Crippen LogP contribution >= 0.6 is 11.6 Å². The van der Waals surface area contributed by atoms with Gasteiger partial charge in [-0.25, -0.2) is 4.68 Å². The first-order chi connectivity index (χ1) is 15.5. The molecule has 1 saturated carbocycles. The lowest BCUT2D eigenvalue weighted by Gasteiger charge is -2.17. The first-order valence-corrected chi connectivity index (χ1v) is 10.8. The van der Waals surface area contributed by atoms with Gasteiger partial charge in [-0.1, -0.05) is 28.9 Å². The van der Waals surface area contributed by atoms with Gasteiger partial charge in [0.25, 0.3) is 5.56 Å². The van der Waals surface area contributed by atoms with Crippen molar-refractivity contribution in [3.63, 3.8) is 0 Å². The van der Waals surface area contributed by atoms with E-state index >= 15 is 0 Å². The quantitative estimate of drug-likeness (QED) is 0.400. The first-order valence-electron chi connectivity index (χ1n) is 10.4. The standard InChI is InChI=1S/C24H22ClN3O4/c1-13(14-6-8-16(25)9-7-14)28-24(29)20-21(15-4-5-15)27-32-23(20)22(26-28)18-12-17(30-2)10-11-19(18)31-3/h6-13,15H,4-5H2,1-3H3/t13-/m1/s1. The highest BCUT2D eigenvalue weighted by Gasteiger charge is 2.33. The van der Waals surface area contributed by atoms with E-state index in [1.807, 2.05) is 31.2 Å². The molecule has 8 heteroatoms. The summed E-state index contributed by atoms with van der Waals surface area (Å²) in [7, 11) is 3.18. The van der Waals surface area contributed by atoms with Crippen molar-refractivity contribution in [2.45, 2.75) is 31.7 Å². The van der Waals surface area contributed by atoms with Crippen LogP contribution in [0, 0.1) is 0 Å². The summed E-state index contributed by atoms with van der Waals surface area (Å²) >= 11 is 6.06. The Morgan fingerprint density at radius 3 is 2.53 bits per heavy atom. The van der Waals surface area contributed by atoms with Gasteiger partial charge in [0, 0.05) is 10.9 Å². The molecule has 2 aromatic heterocycles. The van der Waals surface area contributed by atoms with Gasteiger partial charge in [0.05, 0.1) is 25.8 Å². The van der Waals surface area contributed by atoms with Crippen molar-refractivity contribution in [2.24, 2.45) is 0 Å². The Morgan fingerprint density at radius 2 is 1.88 bits per heavy atom. The summed E-state index contributed by atoms with van der Waals surface area (Å²) in [5.74, 6) is 1.47. The van der Waals surface area contributed by atoms with Crippen LogP contribution < -0.4 is 15.0 Å². The average molecular weight is 452 g/mol. The van der Waals surface area contributed by atoms with Crippen LogP contribution in [0.25, 0.3) is 22.2 Å². The molecule has 1 atom stereocenters. The maximum absolute atomic E-state index is 13.6. The van der Waals surface area contributed by atoms with Crippen molar-refractivity contribution >= 4 is 22.6 Å². The molecule has 0 N–H and O–H groups in total. The smallest absolute Gasteiger partial charge is 0.280 e. The first kappa shape index (κ1) is 20.6. The molecule has 2 aromatic carbocycles. The normalized spacial score (nSPS) is 14.5.